The van der Waals surface area contributed by atoms with Crippen molar-refractivity contribution in [3.05, 3.63) is 0 Å². The minimum Gasteiger partial charge on any atom is -0.382 e. The predicted molar refractivity (Wildman–Crippen MR) is 73.4 cm³/mol. The molecule has 1 heterocycles. The Balaban J connectivity index is 1.98. The van der Waals surface area contributed by atoms with Gasteiger partial charge in [0, 0.05) is 32.3 Å². The lowest BCUT2D eigenvalue weighted by Crippen LogP contribution is -2.45. The monoisotopic (exact) mass is 242 g/mol. The molecule has 1 saturated heterocycles. The van der Waals surface area contributed by atoms with Crippen LogP contribution in [0.3, 0.4) is 0 Å². The minimum absolute atomic E-state index is 0.758. The number of nitrogens with one attached hydrogen (secondary N) is 1. The van der Waals surface area contributed by atoms with Crippen molar-refractivity contribution in [1.29, 1.82) is 0 Å². The molecule has 0 aromatic rings. The highest BCUT2D eigenvalue weighted by Crippen LogP contribution is 2.21. The van der Waals surface area contributed by atoms with Crippen molar-refractivity contribution in [2.24, 2.45) is 5.92 Å². The van der Waals surface area contributed by atoms with Gasteiger partial charge < -0.3 is 10.1 Å². The third-order valence-corrected chi connectivity index (χ3v) is 3.93. The molecule has 0 saturated carbocycles. The first kappa shape index (κ1) is 14.9. The molecule has 0 aliphatic carbocycles. The van der Waals surface area contributed by atoms with E-state index in [-0.39, 0.29) is 0 Å². The zero-order chi connectivity index (χ0) is 12.5. The molecule has 1 aliphatic rings. The van der Waals surface area contributed by atoms with E-state index in [1.165, 1.54) is 25.9 Å². The first-order valence-electron chi connectivity index (χ1n) is 7.28. The first-order valence-corrected chi connectivity index (χ1v) is 7.28. The number of likely N-dealkylation sites (tertiary alicyclic amines) is 1. The molecule has 3 nitrogen and oxygen atoms in total. The fraction of sp³-hybridized carbons (Fsp3) is 1.00. The van der Waals surface area contributed by atoms with Crippen LogP contribution in [0, 0.1) is 5.92 Å². The SMILES string of the molecule is CCOCCCNCCN1CCCC(C)C1C. The van der Waals surface area contributed by atoms with E-state index in [4.69, 9.17) is 4.74 Å². The summed E-state index contributed by atoms with van der Waals surface area (Å²) in [7, 11) is 0. The normalized spacial score (nSPS) is 26.3. The van der Waals surface area contributed by atoms with Crippen molar-refractivity contribution >= 4 is 0 Å². The summed E-state index contributed by atoms with van der Waals surface area (Å²) in [5.74, 6) is 0.863. The van der Waals surface area contributed by atoms with Crippen LogP contribution in [0.2, 0.25) is 0 Å². The summed E-state index contributed by atoms with van der Waals surface area (Å²) in [5.41, 5.74) is 0. The third kappa shape index (κ3) is 5.84. The Morgan fingerprint density at radius 3 is 2.88 bits per heavy atom. The van der Waals surface area contributed by atoms with Gasteiger partial charge in [0.1, 0.15) is 0 Å². The molecule has 0 spiro atoms. The third-order valence-electron chi connectivity index (χ3n) is 3.93. The van der Waals surface area contributed by atoms with Crippen LogP contribution in [-0.2, 0) is 4.74 Å². The van der Waals surface area contributed by atoms with Gasteiger partial charge in [-0.15, -0.1) is 0 Å². The van der Waals surface area contributed by atoms with Gasteiger partial charge in [0.05, 0.1) is 0 Å². The van der Waals surface area contributed by atoms with Crippen molar-refractivity contribution in [1.82, 2.24) is 10.2 Å². The van der Waals surface area contributed by atoms with Gasteiger partial charge in [-0.3, -0.25) is 4.90 Å². The molecule has 0 aromatic carbocycles. The first-order chi connectivity index (χ1) is 8.25. The lowest BCUT2D eigenvalue weighted by atomic mass is 9.92. The van der Waals surface area contributed by atoms with E-state index < -0.39 is 0 Å². The zero-order valence-electron chi connectivity index (χ0n) is 11.9. The summed E-state index contributed by atoms with van der Waals surface area (Å²) in [6, 6.07) is 0.758. The Bertz CT molecular complexity index is 187. The highest BCUT2D eigenvalue weighted by atomic mass is 16.5. The molecule has 1 aliphatic heterocycles. The number of ether oxygens (including phenoxy) is 1. The summed E-state index contributed by atoms with van der Waals surface area (Å²) < 4.78 is 5.31. The van der Waals surface area contributed by atoms with Gasteiger partial charge in [-0.2, -0.15) is 0 Å². The van der Waals surface area contributed by atoms with Crippen molar-refractivity contribution < 1.29 is 4.74 Å². The fourth-order valence-corrected chi connectivity index (χ4v) is 2.53. The molecular weight excluding hydrogens is 212 g/mol. The molecule has 0 bridgehead atoms. The van der Waals surface area contributed by atoms with Crippen LogP contribution in [0.25, 0.3) is 0 Å². The van der Waals surface area contributed by atoms with E-state index in [2.05, 4.69) is 24.1 Å². The Hall–Kier alpha value is -0.120. The number of nitrogens with zero attached hydrogens (tertiary/aromatic N) is 1. The largest absolute Gasteiger partial charge is 0.382 e. The Morgan fingerprint density at radius 1 is 1.29 bits per heavy atom. The van der Waals surface area contributed by atoms with Gasteiger partial charge >= 0.3 is 0 Å². The van der Waals surface area contributed by atoms with E-state index in [1.807, 2.05) is 6.92 Å². The van der Waals surface area contributed by atoms with Crippen molar-refractivity contribution in [2.75, 3.05) is 39.4 Å². The van der Waals surface area contributed by atoms with Gasteiger partial charge in [-0.05, 0) is 52.1 Å². The average molecular weight is 242 g/mol. The fourth-order valence-electron chi connectivity index (χ4n) is 2.53. The summed E-state index contributed by atoms with van der Waals surface area (Å²) in [6.45, 7) is 13.2. The number of rotatable bonds is 8. The number of hydrogen-bond acceptors (Lipinski definition) is 3. The maximum atomic E-state index is 5.31. The van der Waals surface area contributed by atoms with E-state index in [9.17, 15) is 0 Å². The molecule has 1 fully saturated rings. The van der Waals surface area contributed by atoms with E-state index in [0.717, 1.165) is 44.7 Å². The zero-order valence-corrected chi connectivity index (χ0v) is 11.9. The van der Waals surface area contributed by atoms with Gasteiger partial charge in [-0.25, -0.2) is 0 Å². The lowest BCUT2D eigenvalue weighted by molar-refractivity contribution is 0.114. The molecule has 1 N–H and O–H groups in total. The van der Waals surface area contributed by atoms with Gasteiger partial charge in [0.2, 0.25) is 0 Å². The van der Waals surface area contributed by atoms with Crippen LogP contribution in [0.4, 0.5) is 0 Å². The number of hydrogen-bond donors (Lipinski definition) is 1. The second-order valence-electron chi connectivity index (χ2n) is 5.20. The highest BCUT2D eigenvalue weighted by Gasteiger charge is 2.23. The Kier molecular flexibility index (Phi) is 7.82. The van der Waals surface area contributed by atoms with Crippen LogP contribution in [0.1, 0.15) is 40.0 Å². The van der Waals surface area contributed by atoms with Crippen LogP contribution in [-0.4, -0.2) is 50.3 Å². The maximum Gasteiger partial charge on any atom is 0.0477 e. The average Bonchev–Trinajstić information content (AvgIpc) is 2.33. The highest BCUT2D eigenvalue weighted by molar-refractivity contribution is 4.78. The predicted octanol–water partition coefficient (Wildman–Crippen LogP) is 2.12. The summed E-state index contributed by atoms with van der Waals surface area (Å²) >= 11 is 0. The summed E-state index contributed by atoms with van der Waals surface area (Å²) in [5, 5.41) is 3.51. The van der Waals surface area contributed by atoms with Gasteiger partial charge in [0.15, 0.2) is 0 Å². The molecule has 17 heavy (non-hydrogen) atoms. The summed E-state index contributed by atoms with van der Waals surface area (Å²) in [6.07, 6.45) is 3.90. The second kappa shape index (κ2) is 8.90. The Morgan fingerprint density at radius 2 is 2.12 bits per heavy atom. The van der Waals surface area contributed by atoms with Crippen LogP contribution in [0.5, 0.6) is 0 Å². The minimum atomic E-state index is 0.758. The van der Waals surface area contributed by atoms with Crippen molar-refractivity contribution in [2.45, 2.75) is 46.1 Å². The standard InChI is InChI=1S/C14H30N2O/c1-4-17-12-6-8-15-9-11-16-10-5-7-13(2)14(16)3/h13-15H,4-12H2,1-3H3. The van der Waals surface area contributed by atoms with Gasteiger partial charge in [0.25, 0.3) is 0 Å². The molecule has 0 radical (unpaired) electrons. The Labute approximate surface area is 107 Å². The van der Waals surface area contributed by atoms with E-state index >= 15 is 0 Å². The van der Waals surface area contributed by atoms with Crippen LogP contribution >= 0.6 is 0 Å². The van der Waals surface area contributed by atoms with E-state index in [0.29, 0.717) is 0 Å². The maximum absolute atomic E-state index is 5.31. The van der Waals surface area contributed by atoms with Gasteiger partial charge in [-0.1, -0.05) is 6.92 Å². The van der Waals surface area contributed by atoms with Crippen molar-refractivity contribution in [3.63, 3.8) is 0 Å². The molecule has 0 aromatic heterocycles. The quantitative estimate of drug-likeness (QED) is 0.660. The topological polar surface area (TPSA) is 24.5 Å². The molecule has 1 rings (SSSR count). The van der Waals surface area contributed by atoms with Crippen LogP contribution < -0.4 is 5.32 Å². The lowest BCUT2D eigenvalue weighted by Gasteiger charge is -2.37. The van der Waals surface area contributed by atoms with Crippen LogP contribution in [0.15, 0.2) is 0 Å². The molecule has 102 valence electrons. The molecular formula is C14H30N2O. The number of piperidine rings is 1. The van der Waals surface area contributed by atoms with Crippen molar-refractivity contribution in [3.8, 4) is 0 Å². The summed E-state index contributed by atoms with van der Waals surface area (Å²) in [4.78, 5) is 2.63. The smallest absolute Gasteiger partial charge is 0.0477 e. The molecule has 2 unspecified atom stereocenters. The van der Waals surface area contributed by atoms with E-state index in [1.54, 1.807) is 0 Å². The molecule has 3 heteroatoms. The molecule has 0 amide bonds. The second-order valence-corrected chi connectivity index (χ2v) is 5.20. The molecule has 2 atom stereocenters.